The number of thiazole rings is 1. The molecule has 8 nitrogen and oxygen atoms in total. The Labute approximate surface area is 209 Å². The number of fused-ring (bicyclic) bond motifs is 1. The first-order valence-electron chi connectivity index (χ1n) is 10.3. The van der Waals surface area contributed by atoms with Crippen LogP contribution in [0.1, 0.15) is 29.1 Å². The number of hydrogen-bond donors (Lipinski definition) is 2. The molecule has 4 rings (SSSR count). The van der Waals surface area contributed by atoms with Crippen molar-refractivity contribution in [1.29, 1.82) is 0 Å². The number of hydrogen-bond acceptors (Lipinski definition) is 7. The van der Waals surface area contributed by atoms with Gasteiger partial charge in [0.25, 0.3) is 5.91 Å². The van der Waals surface area contributed by atoms with Crippen molar-refractivity contribution in [2.24, 2.45) is 0 Å². The number of rotatable bonds is 9. The first kappa shape index (κ1) is 23.9. The maximum Gasteiger partial charge on any atom is 0.253 e. The van der Waals surface area contributed by atoms with E-state index in [-0.39, 0.29) is 17.6 Å². The largest absolute Gasteiger partial charge is 0.342 e. The number of carbonyl (C=O) groups is 2. The quantitative estimate of drug-likeness (QED) is 0.243. The highest BCUT2D eigenvalue weighted by Gasteiger charge is 2.21. The van der Waals surface area contributed by atoms with E-state index in [0.717, 1.165) is 10.2 Å². The maximum atomic E-state index is 12.6. The van der Waals surface area contributed by atoms with Crippen molar-refractivity contribution in [3.05, 3.63) is 77.6 Å². The molecule has 0 spiro atoms. The zero-order valence-electron chi connectivity index (χ0n) is 18.2. The van der Waals surface area contributed by atoms with Crippen molar-refractivity contribution < 1.29 is 9.59 Å². The van der Waals surface area contributed by atoms with E-state index in [1.54, 1.807) is 30.3 Å². The Morgan fingerprint density at radius 1 is 1.21 bits per heavy atom. The number of nitrogens with zero attached hydrogens (tertiary/aromatic N) is 4. The maximum absolute atomic E-state index is 12.6. The van der Waals surface area contributed by atoms with Crippen LogP contribution in [0, 0.1) is 0 Å². The van der Waals surface area contributed by atoms with E-state index < -0.39 is 6.04 Å². The van der Waals surface area contributed by atoms with Crippen molar-refractivity contribution in [2.75, 3.05) is 11.1 Å². The normalized spacial score (nSPS) is 11.8. The lowest BCUT2D eigenvalue weighted by Crippen LogP contribution is -2.29. The SMILES string of the molecule is C=CCn1c(SCC(=O)Nc2nc3ccccc3s2)nnc1[C@H](C)NC(=O)c1ccccc1Cl. The molecule has 0 radical (unpaired) electrons. The van der Waals surface area contributed by atoms with Crippen LogP contribution in [-0.4, -0.2) is 37.3 Å². The Kier molecular flexibility index (Phi) is 7.61. The molecular formula is C23H21ClN6O2S2. The van der Waals surface area contributed by atoms with Gasteiger partial charge in [-0.1, -0.05) is 65.0 Å². The molecule has 0 aliphatic carbocycles. The zero-order chi connectivity index (χ0) is 24.1. The van der Waals surface area contributed by atoms with E-state index in [1.807, 2.05) is 35.8 Å². The lowest BCUT2D eigenvalue weighted by molar-refractivity contribution is -0.113. The summed E-state index contributed by atoms with van der Waals surface area (Å²) in [5, 5.41) is 15.7. The summed E-state index contributed by atoms with van der Waals surface area (Å²) in [6, 6.07) is 14.1. The minimum absolute atomic E-state index is 0.131. The van der Waals surface area contributed by atoms with Crippen molar-refractivity contribution in [1.82, 2.24) is 25.1 Å². The Morgan fingerprint density at radius 2 is 1.97 bits per heavy atom. The number of amides is 2. The monoisotopic (exact) mass is 512 g/mol. The molecule has 4 aromatic rings. The van der Waals surface area contributed by atoms with Gasteiger partial charge in [0.05, 0.1) is 32.6 Å². The lowest BCUT2D eigenvalue weighted by atomic mass is 10.2. The number of anilines is 1. The third-order valence-electron chi connectivity index (χ3n) is 4.78. The van der Waals surface area contributed by atoms with Crippen molar-refractivity contribution in [3.8, 4) is 0 Å². The third kappa shape index (κ3) is 5.46. The second-order valence-corrected chi connectivity index (χ2v) is 9.62. The summed E-state index contributed by atoms with van der Waals surface area (Å²) in [4.78, 5) is 29.6. The fourth-order valence-corrected chi connectivity index (χ4v) is 5.08. The zero-order valence-corrected chi connectivity index (χ0v) is 20.6. The van der Waals surface area contributed by atoms with Crippen LogP contribution in [0.25, 0.3) is 10.2 Å². The second kappa shape index (κ2) is 10.8. The van der Waals surface area contributed by atoms with Crippen molar-refractivity contribution >= 4 is 61.9 Å². The molecule has 2 aromatic carbocycles. The van der Waals surface area contributed by atoms with Crippen LogP contribution in [0.2, 0.25) is 5.02 Å². The van der Waals surface area contributed by atoms with Crippen LogP contribution < -0.4 is 10.6 Å². The number of nitrogens with one attached hydrogen (secondary N) is 2. The molecule has 174 valence electrons. The highest BCUT2D eigenvalue weighted by atomic mass is 35.5. The standard InChI is InChI=1S/C23H21ClN6O2S2/c1-3-12-30-20(14(2)25-21(32)15-8-4-5-9-16(15)24)28-29-23(30)33-13-19(31)27-22-26-17-10-6-7-11-18(17)34-22/h3-11,14H,1,12-13H2,2H3,(H,25,32)(H,26,27,31)/t14-/m0/s1. The van der Waals surface area contributed by atoms with Crippen LogP contribution in [0.4, 0.5) is 5.13 Å². The number of thioether (sulfide) groups is 1. The number of benzene rings is 2. The molecule has 2 amide bonds. The minimum atomic E-state index is -0.442. The van der Waals surface area contributed by atoms with Crippen LogP contribution in [0.15, 0.2) is 66.3 Å². The topological polar surface area (TPSA) is 102 Å². The van der Waals surface area contributed by atoms with Gasteiger partial charge in [0, 0.05) is 6.54 Å². The van der Waals surface area contributed by atoms with Gasteiger partial charge < -0.3 is 15.2 Å². The first-order valence-corrected chi connectivity index (χ1v) is 12.5. The van der Waals surface area contributed by atoms with E-state index in [4.69, 9.17) is 11.6 Å². The highest BCUT2D eigenvalue weighted by Crippen LogP contribution is 2.26. The van der Waals surface area contributed by atoms with E-state index in [9.17, 15) is 9.59 Å². The van der Waals surface area contributed by atoms with E-state index >= 15 is 0 Å². The smallest absolute Gasteiger partial charge is 0.253 e. The molecule has 0 bridgehead atoms. The molecule has 2 aromatic heterocycles. The van der Waals surface area contributed by atoms with Gasteiger partial charge >= 0.3 is 0 Å². The molecule has 2 heterocycles. The van der Waals surface area contributed by atoms with E-state index in [0.29, 0.717) is 33.2 Å². The van der Waals surface area contributed by atoms with E-state index in [2.05, 4.69) is 32.4 Å². The molecule has 1 atom stereocenters. The van der Waals surface area contributed by atoms with E-state index in [1.165, 1.54) is 23.1 Å². The van der Waals surface area contributed by atoms with Gasteiger partial charge in [0.15, 0.2) is 16.1 Å². The summed E-state index contributed by atoms with van der Waals surface area (Å²) < 4.78 is 2.83. The van der Waals surface area contributed by atoms with Gasteiger partial charge in [-0.25, -0.2) is 4.98 Å². The molecule has 11 heteroatoms. The Bertz CT molecular complexity index is 1320. The average Bonchev–Trinajstić information content (AvgIpc) is 3.41. The third-order valence-corrected chi connectivity index (χ3v) is 7.03. The summed E-state index contributed by atoms with van der Waals surface area (Å²) in [6.07, 6.45) is 1.71. The molecular weight excluding hydrogens is 492 g/mol. The van der Waals surface area contributed by atoms with Crippen LogP contribution in [-0.2, 0) is 11.3 Å². The summed E-state index contributed by atoms with van der Waals surface area (Å²) in [5.41, 5.74) is 1.23. The summed E-state index contributed by atoms with van der Waals surface area (Å²) in [5.74, 6) is 0.176. The molecule has 2 N–H and O–H groups in total. The van der Waals surface area contributed by atoms with Gasteiger partial charge in [-0.2, -0.15) is 0 Å². The second-order valence-electron chi connectivity index (χ2n) is 7.24. The molecule has 0 saturated carbocycles. The van der Waals surface area contributed by atoms with Gasteiger partial charge in [-0.05, 0) is 31.2 Å². The minimum Gasteiger partial charge on any atom is -0.342 e. The van der Waals surface area contributed by atoms with Gasteiger partial charge in [0.1, 0.15) is 0 Å². The molecule has 0 saturated heterocycles. The summed E-state index contributed by atoms with van der Waals surface area (Å²) >= 11 is 8.81. The fraction of sp³-hybridized carbons (Fsp3) is 0.174. The van der Waals surface area contributed by atoms with Crippen molar-refractivity contribution in [3.63, 3.8) is 0 Å². The number of para-hydroxylation sites is 1. The number of aromatic nitrogens is 4. The van der Waals surface area contributed by atoms with Crippen molar-refractivity contribution in [2.45, 2.75) is 24.7 Å². The van der Waals surface area contributed by atoms with Crippen LogP contribution in [0.3, 0.4) is 0 Å². The number of allylic oxidation sites excluding steroid dienone is 1. The predicted octanol–water partition coefficient (Wildman–Crippen LogP) is 4.95. The molecule has 0 aliphatic heterocycles. The van der Waals surface area contributed by atoms with Crippen LogP contribution in [0.5, 0.6) is 0 Å². The molecule has 0 fully saturated rings. The van der Waals surface area contributed by atoms with Gasteiger partial charge in [0.2, 0.25) is 5.91 Å². The lowest BCUT2D eigenvalue weighted by Gasteiger charge is -2.15. The summed E-state index contributed by atoms with van der Waals surface area (Å²) in [6.45, 7) is 6.03. The predicted molar refractivity (Wildman–Crippen MR) is 137 cm³/mol. The molecule has 0 unspecified atom stereocenters. The Hall–Kier alpha value is -3.21. The van der Waals surface area contributed by atoms with Gasteiger partial charge in [-0.3, -0.25) is 9.59 Å². The highest BCUT2D eigenvalue weighted by molar-refractivity contribution is 7.99. The Balaban J connectivity index is 1.41. The Morgan fingerprint density at radius 3 is 2.74 bits per heavy atom. The van der Waals surface area contributed by atoms with Crippen LogP contribution >= 0.6 is 34.7 Å². The number of carbonyl (C=O) groups excluding carboxylic acids is 2. The number of halogens is 1. The first-order chi connectivity index (χ1) is 16.5. The molecule has 0 aliphatic rings. The molecule has 34 heavy (non-hydrogen) atoms. The van der Waals surface area contributed by atoms with Gasteiger partial charge in [-0.15, -0.1) is 16.8 Å². The fourth-order valence-electron chi connectivity index (χ4n) is 3.22. The summed E-state index contributed by atoms with van der Waals surface area (Å²) in [7, 11) is 0. The average molecular weight is 513 g/mol.